The average molecular weight is 406 g/mol. The molecular weight excluding hydrogens is 376 g/mol. The highest BCUT2D eigenvalue weighted by molar-refractivity contribution is 6.31. The Hall–Kier alpha value is -2.24. The first-order valence-electron chi connectivity index (χ1n) is 9.53. The van der Waals surface area contributed by atoms with Crippen LogP contribution in [0.3, 0.4) is 0 Å². The number of benzene rings is 2. The number of carbonyl (C=O) groups is 1. The van der Waals surface area contributed by atoms with Crippen molar-refractivity contribution in [3.05, 3.63) is 58.6 Å². The topological polar surface area (TPSA) is 64.2 Å². The van der Waals surface area contributed by atoms with Gasteiger partial charge in [-0.05, 0) is 52.0 Å². The summed E-state index contributed by atoms with van der Waals surface area (Å²) in [5, 5.41) is 5.85. The SMILES string of the molecule is CCOc1cc(C[NH2+]Cc2ccccc2Cl)ccc1OCC(=O)NC(C)(C)C. The van der Waals surface area contributed by atoms with Gasteiger partial charge in [-0.1, -0.05) is 29.8 Å². The summed E-state index contributed by atoms with van der Waals surface area (Å²) in [6.45, 7) is 9.79. The Bertz CT molecular complexity index is 788. The molecular formula is C22H30ClN2O3+. The van der Waals surface area contributed by atoms with Gasteiger partial charge in [-0.2, -0.15) is 0 Å². The van der Waals surface area contributed by atoms with Crippen LogP contribution in [0.1, 0.15) is 38.8 Å². The number of amides is 1. The molecule has 152 valence electrons. The second-order valence-corrected chi connectivity index (χ2v) is 8.00. The van der Waals surface area contributed by atoms with Crippen LogP contribution in [0.2, 0.25) is 5.02 Å². The fourth-order valence-electron chi connectivity index (χ4n) is 2.72. The first kappa shape index (κ1) is 22.1. The molecule has 0 radical (unpaired) electrons. The molecule has 0 saturated carbocycles. The highest BCUT2D eigenvalue weighted by atomic mass is 35.5. The molecule has 0 fully saturated rings. The zero-order valence-corrected chi connectivity index (χ0v) is 17.8. The van der Waals surface area contributed by atoms with Gasteiger partial charge in [0.2, 0.25) is 0 Å². The van der Waals surface area contributed by atoms with E-state index in [1.54, 1.807) is 0 Å². The number of rotatable bonds is 9. The van der Waals surface area contributed by atoms with Gasteiger partial charge in [0, 0.05) is 21.7 Å². The largest absolute Gasteiger partial charge is 0.490 e. The maximum atomic E-state index is 12.0. The van der Waals surface area contributed by atoms with Crippen LogP contribution in [-0.2, 0) is 17.9 Å². The first-order chi connectivity index (χ1) is 13.3. The van der Waals surface area contributed by atoms with Gasteiger partial charge in [-0.3, -0.25) is 4.79 Å². The van der Waals surface area contributed by atoms with Crippen LogP contribution in [0, 0.1) is 0 Å². The second-order valence-electron chi connectivity index (χ2n) is 7.59. The van der Waals surface area contributed by atoms with Gasteiger partial charge in [0.25, 0.3) is 5.91 Å². The molecule has 2 rings (SSSR count). The minimum absolute atomic E-state index is 0.0463. The van der Waals surface area contributed by atoms with E-state index in [1.807, 2.05) is 70.2 Å². The van der Waals surface area contributed by atoms with Gasteiger partial charge >= 0.3 is 0 Å². The summed E-state index contributed by atoms with van der Waals surface area (Å²) in [5.41, 5.74) is 1.94. The van der Waals surface area contributed by atoms with E-state index in [4.69, 9.17) is 21.1 Å². The zero-order chi connectivity index (χ0) is 20.6. The number of carbonyl (C=O) groups excluding carboxylic acids is 1. The third-order valence-corrected chi connectivity index (χ3v) is 4.25. The summed E-state index contributed by atoms with van der Waals surface area (Å²) in [6.07, 6.45) is 0. The number of quaternary nitrogens is 1. The molecule has 5 nitrogen and oxygen atoms in total. The number of hydrogen-bond donors (Lipinski definition) is 2. The van der Waals surface area contributed by atoms with E-state index >= 15 is 0 Å². The van der Waals surface area contributed by atoms with E-state index < -0.39 is 0 Å². The molecule has 0 bridgehead atoms. The third kappa shape index (κ3) is 7.41. The summed E-state index contributed by atoms with van der Waals surface area (Å²) >= 11 is 6.20. The molecule has 0 unspecified atom stereocenters. The van der Waals surface area contributed by atoms with Crippen molar-refractivity contribution in [1.29, 1.82) is 0 Å². The van der Waals surface area contributed by atoms with Crippen LogP contribution in [0.5, 0.6) is 11.5 Å². The van der Waals surface area contributed by atoms with E-state index in [1.165, 1.54) is 0 Å². The zero-order valence-electron chi connectivity index (χ0n) is 17.0. The van der Waals surface area contributed by atoms with Crippen LogP contribution >= 0.6 is 11.6 Å². The van der Waals surface area contributed by atoms with E-state index in [9.17, 15) is 4.79 Å². The Balaban J connectivity index is 1.95. The molecule has 3 N–H and O–H groups in total. The van der Waals surface area contributed by atoms with E-state index in [2.05, 4.69) is 10.6 Å². The van der Waals surface area contributed by atoms with Crippen molar-refractivity contribution in [3.8, 4) is 11.5 Å². The average Bonchev–Trinajstić information content (AvgIpc) is 2.61. The molecule has 0 aliphatic heterocycles. The maximum absolute atomic E-state index is 12.0. The van der Waals surface area contributed by atoms with Crippen molar-refractivity contribution in [2.24, 2.45) is 0 Å². The van der Waals surface area contributed by atoms with Crippen molar-refractivity contribution in [2.75, 3.05) is 13.2 Å². The monoisotopic (exact) mass is 405 g/mol. The number of ether oxygens (including phenoxy) is 2. The number of hydrogen-bond acceptors (Lipinski definition) is 3. The predicted molar refractivity (Wildman–Crippen MR) is 112 cm³/mol. The highest BCUT2D eigenvalue weighted by Crippen LogP contribution is 2.28. The lowest BCUT2D eigenvalue weighted by Crippen LogP contribution is -2.80. The third-order valence-electron chi connectivity index (χ3n) is 3.88. The predicted octanol–water partition coefficient (Wildman–Crippen LogP) is 3.30. The molecule has 2 aromatic rings. The molecule has 1 amide bonds. The Morgan fingerprint density at radius 3 is 2.50 bits per heavy atom. The Morgan fingerprint density at radius 2 is 1.82 bits per heavy atom. The fourth-order valence-corrected chi connectivity index (χ4v) is 2.94. The van der Waals surface area contributed by atoms with E-state index in [0.717, 1.165) is 29.2 Å². The summed E-state index contributed by atoms with van der Waals surface area (Å²) in [6, 6.07) is 13.7. The molecule has 0 aromatic heterocycles. The Morgan fingerprint density at radius 1 is 1.07 bits per heavy atom. The Labute approximate surface area is 172 Å². The van der Waals surface area contributed by atoms with Crippen molar-refractivity contribution >= 4 is 17.5 Å². The first-order valence-corrected chi connectivity index (χ1v) is 9.91. The molecule has 0 aliphatic rings. The van der Waals surface area contributed by atoms with Crippen LogP contribution in [0.25, 0.3) is 0 Å². The van der Waals surface area contributed by atoms with Crippen LogP contribution in [0.15, 0.2) is 42.5 Å². The van der Waals surface area contributed by atoms with E-state index in [-0.39, 0.29) is 18.1 Å². The molecule has 0 aliphatic carbocycles. The smallest absolute Gasteiger partial charge is 0.258 e. The molecule has 28 heavy (non-hydrogen) atoms. The van der Waals surface area contributed by atoms with Gasteiger partial charge in [-0.15, -0.1) is 0 Å². The molecule has 6 heteroatoms. The lowest BCUT2D eigenvalue weighted by Gasteiger charge is -2.21. The quantitative estimate of drug-likeness (QED) is 0.672. The van der Waals surface area contributed by atoms with Crippen LogP contribution in [0.4, 0.5) is 0 Å². The van der Waals surface area contributed by atoms with E-state index in [0.29, 0.717) is 18.1 Å². The lowest BCUT2D eigenvalue weighted by atomic mass is 10.1. The summed E-state index contributed by atoms with van der Waals surface area (Å²) in [4.78, 5) is 12.0. The molecule has 0 atom stereocenters. The van der Waals surface area contributed by atoms with Gasteiger partial charge in [0.1, 0.15) is 13.1 Å². The van der Waals surface area contributed by atoms with Crippen LogP contribution < -0.4 is 20.1 Å². The van der Waals surface area contributed by atoms with Crippen molar-refractivity contribution in [2.45, 2.75) is 46.3 Å². The van der Waals surface area contributed by atoms with Gasteiger partial charge < -0.3 is 20.1 Å². The number of halogens is 1. The summed E-state index contributed by atoms with van der Waals surface area (Å²) in [5.74, 6) is 1.06. The number of nitrogens with one attached hydrogen (secondary N) is 1. The van der Waals surface area contributed by atoms with Gasteiger partial charge in [0.15, 0.2) is 18.1 Å². The lowest BCUT2D eigenvalue weighted by molar-refractivity contribution is -0.686. The standard InChI is InChI=1S/C22H29ClN2O3/c1-5-27-20-12-16(13-24-14-17-8-6-7-9-18(17)23)10-11-19(20)28-15-21(26)25-22(2,3)4/h6-12,24H,5,13-15H2,1-4H3,(H,25,26)/p+1. The fraction of sp³-hybridized carbons (Fsp3) is 0.409. The molecule has 2 aromatic carbocycles. The second kappa shape index (κ2) is 10.3. The number of nitrogens with two attached hydrogens (primary N) is 1. The van der Waals surface area contributed by atoms with Gasteiger partial charge in [0.05, 0.1) is 6.61 Å². The van der Waals surface area contributed by atoms with Crippen molar-refractivity contribution < 1.29 is 19.6 Å². The Kier molecular flexibility index (Phi) is 8.15. The molecule has 0 saturated heterocycles. The highest BCUT2D eigenvalue weighted by Gasteiger charge is 2.15. The summed E-state index contributed by atoms with van der Waals surface area (Å²) < 4.78 is 11.4. The van der Waals surface area contributed by atoms with Crippen molar-refractivity contribution in [1.82, 2.24) is 5.32 Å². The molecule has 0 heterocycles. The molecule has 0 spiro atoms. The van der Waals surface area contributed by atoms with Gasteiger partial charge in [-0.25, -0.2) is 0 Å². The minimum Gasteiger partial charge on any atom is -0.490 e. The van der Waals surface area contributed by atoms with Crippen LogP contribution in [-0.4, -0.2) is 24.7 Å². The minimum atomic E-state index is -0.287. The van der Waals surface area contributed by atoms with Crippen molar-refractivity contribution in [3.63, 3.8) is 0 Å². The summed E-state index contributed by atoms with van der Waals surface area (Å²) in [7, 11) is 0. The normalized spacial score (nSPS) is 11.2. The maximum Gasteiger partial charge on any atom is 0.258 e.